The summed E-state index contributed by atoms with van der Waals surface area (Å²) in [4.78, 5) is 14.5. The highest BCUT2D eigenvalue weighted by molar-refractivity contribution is 5.76. The topological polar surface area (TPSA) is 46.3 Å². The zero-order valence-electron chi connectivity index (χ0n) is 13.2. The van der Waals surface area contributed by atoms with Crippen LogP contribution in [-0.4, -0.2) is 17.4 Å². The SMILES string of the molecule is CCCN(Cc1ccc(N)cc1)C(=O)CCC1CCCC1. The summed E-state index contributed by atoms with van der Waals surface area (Å²) >= 11 is 0. The number of hydrogen-bond acceptors (Lipinski definition) is 2. The lowest BCUT2D eigenvalue weighted by atomic mass is 10.0. The molecule has 1 aliphatic rings. The fourth-order valence-corrected chi connectivity index (χ4v) is 3.19. The molecule has 0 heterocycles. The number of benzene rings is 1. The van der Waals surface area contributed by atoms with Crippen molar-refractivity contribution >= 4 is 11.6 Å². The number of carbonyl (C=O) groups is 1. The van der Waals surface area contributed by atoms with Gasteiger partial charge in [-0.1, -0.05) is 44.7 Å². The Morgan fingerprint density at radius 1 is 1.24 bits per heavy atom. The van der Waals surface area contributed by atoms with Crippen LogP contribution in [0.1, 0.15) is 57.4 Å². The minimum absolute atomic E-state index is 0.306. The fourth-order valence-electron chi connectivity index (χ4n) is 3.19. The number of amides is 1. The maximum absolute atomic E-state index is 12.5. The predicted octanol–water partition coefficient (Wildman–Crippen LogP) is 3.98. The number of hydrogen-bond donors (Lipinski definition) is 1. The summed E-state index contributed by atoms with van der Waals surface area (Å²) in [6, 6.07) is 7.84. The molecule has 1 aromatic carbocycles. The molecule has 0 bridgehead atoms. The van der Waals surface area contributed by atoms with Crippen LogP contribution in [0.25, 0.3) is 0 Å². The van der Waals surface area contributed by atoms with Crippen LogP contribution in [0.2, 0.25) is 0 Å². The van der Waals surface area contributed by atoms with Crippen molar-refractivity contribution in [3.8, 4) is 0 Å². The van der Waals surface area contributed by atoms with Crippen LogP contribution in [0.5, 0.6) is 0 Å². The van der Waals surface area contributed by atoms with Crippen LogP contribution >= 0.6 is 0 Å². The van der Waals surface area contributed by atoms with Crippen molar-refractivity contribution in [1.82, 2.24) is 4.90 Å². The first-order chi connectivity index (χ1) is 10.2. The van der Waals surface area contributed by atoms with Gasteiger partial charge in [0.05, 0.1) is 0 Å². The van der Waals surface area contributed by atoms with E-state index in [1.54, 1.807) is 0 Å². The van der Waals surface area contributed by atoms with Gasteiger partial charge in [0.15, 0.2) is 0 Å². The molecule has 0 spiro atoms. The number of carbonyl (C=O) groups excluding carboxylic acids is 1. The molecule has 0 aromatic heterocycles. The average Bonchev–Trinajstić information content (AvgIpc) is 3.00. The number of nitrogens with two attached hydrogens (primary N) is 1. The quantitative estimate of drug-likeness (QED) is 0.771. The van der Waals surface area contributed by atoms with Gasteiger partial charge in [0.1, 0.15) is 0 Å². The number of anilines is 1. The lowest BCUT2D eigenvalue weighted by Gasteiger charge is -2.23. The van der Waals surface area contributed by atoms with Crippen LogP contribution in [0.3, 0.4) is 0 Å². The highest BCUT2D eigenvalue weighted by atomic mass is 16.2. The monoisotopic (exact) mass is 288 g/mol. The van der Waals surface area contributed by atoms with Gasteiger partial charge in [-0.05, 0) is 36.5 Å². The van der Waals surface area contributed by atoms with E-state index in [2.05, 4.69) is 6.92 Å². The molecule has 1 aliphatic carbocycles. The third-order valence-electron chi connectivity index (χ3n) is 4.44. The van der Waals surface area contributed by atoms with Crippen molar-refractivity contribution in [2.24, 2.45) is 5.92 Å². The highest BCUT2D eigenvalue weighted by Crippen LogP contribution is 2.28. The van der Waals surface area contributed by atoms with Crippen molar-refractivity contribution in [3.05, 3.63) is 29.8 Å². The van der Waals surface area contributed by atoms with Gasteiger partial charge in [0.2, 0.25) is 5.91 Å². The Hall–Kier alpha value is -1.51. The molecule has 2 rings (SSSR count). The summed E-state index contributed by atoms with van der Waals surface area (Å²) in [5.41, 5.74) is 7.64. The molecule has 0 saturated heterocycles. The van der Waals surface area contributed by atoms with Crippen molar-refractivity contribution in [2.75, 3.05) is 12.3 Å². The Morgan fingerprint density at radius 3 is 2.52 bits per heavy atom. The van der Waals surface area contributed by atoms with Crippen molar-refractivity contribution in [3.63, 3.8) is 0 Å². The molecular formula is C18H28N2O. The second-order valence-electron chi connectivity index (χ2n) is 6.25. The minimum atomic E-state index is 0.306. The van der Waals surface area contributed by atoms with Crippen molar-refractivity contribution in [2.45, 2.75) is 58.4 Å². The van der Waals surface area contributed by atoms with Gasteiger partial charge in [-0.3, -0.25) is 4.79 Å². The molecule has 1 aromatic rings. The summed E-state index contributed by atoms with van der Waals surface area (Å²) in [5, 5.41) is 0. The van der Waals surface area contributed by atoms with Gasteiger partial charge < -0.3 is 10.6 Å². The first-order valence-corrected chi connectivity index (χ1v) is 8.31. The molecule has 0 radical (unpaired) electrons. The zero-order valence-corrected chi connectivity index (χ0v) is 13.2. The Balaban J connectivity index is 1.87. The summed E-state index contributed by atoms with van der Waals surface area (Å²) in [5.74, 6) is 1.09. The van der Waals surface area contributed by atoms with E-state index in [0.717, 1.165) is 36.6 Å². The second kappa shape index (κ2) is 8.06. The molecule has 1 saturated carbocycles. The molecule has 2 N–H and O–H groups in total. The first kappa shape index (κ1) is 15.9. The molecule has 116 valence electrons. The van der Waals surface area contributed by atoms with E-state index in [9.17, 15) is 4.79 Å². The predicted molar refractivity (Wildman–Crippen MR) is 87.8 cm³/mol. The van der Waals surface area contributed by atoms with E-state index in [1.807, 2.05) is 29.2 Å². The maximum Gasteiger partial charge on any atom is 0.222 e. The third kappa shape index (κ3) is 5.07. The van der Waals surface area contributed by atoms with Gasteiger partial charge in [0.25, 0.3) is 0 Å². The maximum atomic E-state index is 12.5. The molecule has 1 fully saturated rings. The van der Waals surface area contributed by atoms with Gasteiger partial charge in [-0.25, -0.2) is 0 Å². The molecule has 0 aliphatic heterocycles. The Bertz CT molecular complexity index is 435. The fraction of sp³-hybridized carbons (Fsp3) is 0.611. The molecule has 0 atom stereocenters. The highest BCUT2D eigenvalue weighted by Gasteiger charge is 2.19. The van der Waals surface area contributed by atoms with Gasteiger partial charge >= 0.3 is 0 Å². The molecular weight excluding hydrogens is 260 g/mol. The second-order valence-corrected chi connectivity index (χ2v) is 6.25. The third-order valence-corrected chi connectivity index (χ3v) is 4.44. The van der Waals surface area contributed by atoms with Gasteiger partial charge in [0, 0.05) is 25.2 Å². The molecule has 3 heteroatoms. The Labute approximate surface area is 128 Å². The van der Waals surface area contributed by atoms with Crippen LogP contribution in [-0.2, 0) is 11.3 Å². The summed E-state index contributed by atoms with van der Waals surface area (Å²) in [6.07, 6.45) is 8.12. The van der Waals surface area contributed by atoms with Crippen molar-refractivity contribution < 1.29 is 4.79 Å². The molecule has 1 amide bonds. The average molecular weight is 288 g/mol. The van der Waals surface area contributed by atoms with E-state index in [4.69, 9.17) is 5.73 Å². The first-order valence-electron chi connectivity index (χ1n) is 8.31. The van der Waals surface area contributed by atoms with Crippen molar-refractivity contribution in [1.29, 1.82) is 0 Å². The smallest absolute Gasteiger partial charge is 0.222 e. The van der Waals surface area contributed by atoms with Crippen LogP contribution in [0.15, 0.2) is 24.3 Å². The number of rotatable bonds is 7. The zero-order chi connectivity index (χ0) is 15.1. The van der Waals surface area contributed by atoms with E-state index in [1.165, 1.54) is 25.7 Å². The minimum Gasteiger partial charge on any atom is -0.399 e. The van der Waals surface area contributed by atoms with Gasteiger partial charge in [-0.15, -0.1) is 0 Å². The van der Waals surface area contributed by atoms with E-state index in [-0.39, 0.29) is 0 Å². The lowest BCUT2D eigenvalue weighted by molar-refractivity contribution is -0.132. The Kier molecular flexibility index (Phi) is 6.09. The summed E-state index contributed by atoms with van der Waals surface area (Å²) in [7, 11) is 0. The van der Waals surface area contributed by atoms with E-state index < -0.39 is 0 Å². The summed E-state index contributed by atoms with van der Waals surface area (Å²) < 4.78 is 0. The molecule has 0 unspecified atom stereocenters. The molecule has 21 heavy (non-hydrogen) atoms. The normalized spacial score (nSPS) is 15.3. The summed E-state index contributed by atoms with van der Waals surface area (Å²) in [6.45, 7) is 3.67. The lowest BCUT2D eigenvalue weighted by Crippen LogP contribution is -2.31. The van der Waals surface area contributed by atoms with Crippen LogP contribution < -0.4 is 5.73 Å². The standard InChI is InChI=1S/C18H28N2O/c1-2-13-20(14-16-7-10-17(19)11-8-16)18(21)12-9-15-5-3-4-6-15/h7-8,10-11,15H,2-6,9,12-14,19H2,1H3. The number of nitrogen functional groups attached to an aromatic ring is 1. The Morgan fingerprint density at radius 2 is 1.90 bits per heavy atom. The number of nitrogens with zero attached hydrogens (tertiary/aromatic N) is 1. The molecule has 3 nitrogen and oxygen atoms in total. The van der Waals surface area contributed by atoms with Crippen LogP contribution in [0.4, 0.5) is 5.69 Å². The van der Waals surface area contributed by atoms with E-state index >= 15 is 0 Å². The largest absolute Gasteiger partial charge is 0.399 e. The van der Waals surface area contributed by atoms with E-state index in [0.29, 0.717) is 18.9 Å². The van der Waals surface area contributed by atoms with Gasteiger partial charge in [-0.2, -0.15) is 0 Å². The van der Waals surface area contributed by atoms with Crippen LogP contribution in [0, 0.1) is 5.92 Å².